The highest BCUT2D eigenvalue weighted by molar-refractivity contribution is 6.32. The van der Waals surface area contributed by atoms with E-state index in [1.165, 1.54) is 17.0 Å². The van der Waals surface area contributed by atoms with Gasteiger partial charge in [0.05, 0.1) is 16.4 Å². The molecule has 0 saturated heterocycles. The Balaban J connectivity index is 2.05. The van der Waals surface area contributed by atoms with Crippen LogP contribution in [0.5, 0.6) is 0 Å². The van der Waals surface area contributed by atoms with Crippen LogP contribution in [0, 0.1) is 0 Å². The molecule has 0 atom stereocenters. The van der Waals surface area contributed by atoms with E-state index in [1.54, 1.807) is 24.4 Å². The molecule has 7 nitrogen and oxygen atoms in total. The highest BCUT2D eigenvalue weighted by Crippen LogP contribution is 2.23. The zero-order valence-corrected chi connectivity index (χ0v) is 15.8. The summed E-state index contributed by atoms with van der Waals surface area (Å²) in [6.07, 6.45) is 4.91. The lowest BCUT2D eigenvalue weighted by Gasteiger charge is -2.09. The number of rotatable bonds is 7. The van der Waals surface area contributed by atoms with Gasteiger partial charge in [-0.2, -0.15) is 0 Å². The quantitative estimate of drug-likeness (QED) is 0.602. The molecule has 2 N–H and O–H groups in total. The molecule has 0 radical (unpaired) electrons. The lowest BCUT2D eigenvalue weighted by molar-refractivity contribution is 0.140. The van der Waals surface area contributed by atoms with Gasteiger partial charge in [-0.05, 0) is 30.8 Å². The molecule has 3 heterocycles. The van der Waals surface area contributed by atoms with Gasteiger partial charge in [-0.3, -0.25) is 0 Å². The van der Waals surface area contributed by atoms with Crippen molar-refractivity contribution in [2.24, 2.45) is 10.7 Å². The summed E-state index contributed by atoms with van der Waals surface area (Å²) >= 11 is 6.13. The maximum atomic E-state index is 13.0. The Morgan fingerprint density at radius 1 is 1.39 bits per heavy atom. The van der Waals surface area contributed by atoms with Crippen molar-refractivity contribution in [3.8, 4) is 0 Å². The third kappa shape index (κ3) is 4.30. The summed E-state index contributed by atoms with van der Waals surface area (Å²) in [7, 11) is 0. The number of halogens is 3. The van der Waals surface area contributed by atoms with Gasteiger partial charge in [0.25, 0.3) is 6.43 Å². The van der Waals surface area contributed by atoms with E-state index < -0.39 is 12.2 Å². The summed E-state index contributed by atoms with van der Waals surface area (Å²) < 4.78 is 27.3. The summed E-state index contributed by atoms with van der Waals surface area (Å²) in [5.74, 6) is -0.162. The Morgan fingerprint density at radius 2 is 2.21 bits per heavy atom. The lowest BCUT2D eigenvalue weighted by atomic mass is 10.0. The molecule has 3 aromatic heterocycles. The second kappa shape index (κ2) is 8.83. The average Bonchev–Trinajstić information content (AvgIpc) is 3.11. The molecule has 0 aliphatic rings. The van der Waals surface area contributed by atoms with E-state index in [-0.39, 0.29) is 0 Å². The molecule has 0 unspecified atom stereocenters. The number of aliphatic imine (C=N–C) groups is 1. The molecule has 146 valence electrons. The van der Waals surface area contributed by atoms with Crippen LogP contribution in [0.25, 0.3) is 5.65 Å². The first kappa shape index (κ1) is 19.8. The molecular formula is C18H18ClF2N7. The predicted octanol–water partition coefficient (Wildman–Crippen LogP) is 3.85. The molecule has 0 fully saturated rings. The first-order chi connectivity index (χ1) is 13.5. The number of hydrogen-bond donors (Lipinski definition) is 1. The third-order valence-electron chi connectivity index (χ3n) is 3.91. The molecule has 0 spiro atoms. The van der Waals surface area contributed by atoms with Gasteiger partial charge in [-0.15, -0.1) is 5.10 Å². The first-order valence-corrected chi connectivity index (χ1v) is 8.98. The van der Waals surface area contributed by atoms with Crippen molar-refractivity contribution in [1.82, 2.24) is 24.6 Å². The van der Waals surface area contributed by atoms with Gasteiger partial charge in [-0.1, -0.05) is 24.9 Å². The molecule has 0 saturated carbocycles. The summed E-state index contributed by atoms with van der Waals surface area (Å²) in [6.45, 7) is 1.99. The van der Waals surface area contributed by atoms with Crippen LogP contribution in [0.3, 0.4) is 0 Å². The summed E-state index contributed by atoms with van der Waals surface area (Å²) in [6, 6.07) is 3.40. The van der Waals surface area contributed by atoms with Crippen molar-refractivity contribution < 1.29 is 8.78 Å². The number of alkyl halides is 2. The standard InChI is InChI=1S/C18H18ClF2N7/c1-2-4-12-14(24-10-28-18(12)26-17(27-28)15(20)21)9-11(6-7-22)25-16-13(19)5-3-8-23-16/h3,5-8,10,15H,2,4,9,22H2,1H3. The number of aromatic nitrogens is 5. The first-order valence-electron chi connectivity index (χ1n) is 8.61. The number of nitrogens with two attached hydrogens (primary N) is 1. The molecule has 3 rings (SSSR count). The molecular weight excluding hydrogens is 388 g/mol. The minimum absolute atomic E-state index is 0.309. The number of fused-ring (bicyclic) bond motifs is 1. The van der Waals surface area contributed by atoms with Crippen molar-refractivity contribution in [3.63, 3.8) is 0 Å². The van der Waals surface area contributed by atoms with E-state index in [1.807, 2.05) is 6.92 Å². The molecule has 0 amide bonds. The SMILES string of the molecule is CCCc1c(CC(C=CN)=Nc2ncccc2Cl)ncn2nc(C(F)F)nc12. The van der Waals surface area contributed by atoms with E-state index in [9.17, 15) is 8.78 Å². The monoisotopic (exact) mass is 405 g/mol. The van der Waals surface area contributed by atoms with Gasteiger partial charge in [0.1, 0.15) is 6.33 Å². The van der Waals surface area contributed by atoms with Crippen molar-refractivity contribution in [2.75, 3.05) is 0 Å². The smallest absolute Gasteiger partial charge is 0.299 e. The predicted molar refractivity (Wildman–Crippen MR) is 103 cm³/mol. The van der Waals surface area contributed by atoms with Crippen molar-refractivity contribution >= 4 is 28.8 Å². The normalized spacial score (nSPS) is 12.5. The molecule has 0 aliphatic carbocycles. The highest BCUT2D eigenvalue weighted by Gasteiger charge is 2.19. The van der Waals surface area contributed by atoms with E-state index in [4.69, 9.17) is 17.3 Å². The Bertz CT molecular complexity index is 1030. The minimum atomic E-state index is -2.75. The minimum Gasteiger partial charge on any atom is -0.405 e. The second-order valence-corrected chi connectivity index (χ2v) is 6.31. The Morgan fingerprint density at radius 3 is 2.89 bits per heavy atom. The zero-order valence-electron chi connectivity index (χ0n) is 15.1. The van der Waals surface area contributed by atoms with Gasteiger partial charge in [-0.25, -0.2) is 33.2 Å². The molecule has 10 heteroatoms. The Hall–Kier alpha value is -2.94. The molecule has 0 aromatic carbocycles. The lowest BCUT2D eigenvalue weighted by Crippen LogP contribution is -2.09. The average molecular weight is 406 g/mol. The van der Waals surface area contributed by atoms with Crippen LogP contribution in [0.4, 0.5) is 14.6 Å². The maximum Gasteiger partial charge on any atom is 0.299 e. The second-order valence-electron chi connectivity index (χ2n) is 5.91. The van der Waals surface area contributed by atoms with Crippen LogP contribution >= 0.6 is 11.6 Å². The van der Waals surface area contributed by atoms with Gasteiger partial charge in [0.2, 0.25) is 5.82 Å². The van der Waals surface area contributed by atoms with Crippen LogP contribution in [0.2, 0.25) is 5.02 Å². The highest BCUT2D eigenvalue weighted by atomic mass is 35.5. The number of hydrogen-bond acceptors (Lipinski definition) is 6. The molecule has 3 aromatic rings. The van der Waals surface area contributed by atoms with Crippen molar-refractivity contribution in [3.05, 3.63) is 59.0 Å². The number of pyridine rings is 1. The number of aryl methyl sites for hydroxylation is 1. The van der Waals surface area contributed by atoms with Crippen LogP contribution in [-0.2, 0) is 12.8 Å². The van der Waals surface area contributed by atoms with Gasteiger partial charge >= 0.3 is 0 Å². The van der Waals surface area contributed by atoms with E-state index in [0.29, 0.717) is 40.7 Å². The summed E-state index contributed by atoms with van der Waals surface area (Å²) in [5.41, 5.74) is 7.90. The van der Waals surface area contributed by atoms with Gasteiger partial charge in [0, 0.05) is 18.2 Å². The summed E-state index contributed by atoms with van der Waals surface area (Å²) in [4.78, 5) is 17.0. The summed E-state index contributed by atoms with van der Waals surface area (Å²) in [5, 5.41) is 4.20. The maximum absolute atomic E-state index is 13.0. The Labute approximate surface area is 165 Å². The van der Waals surface area contributed by atoms with Crippen molar-refractivity contribution in [1.29, 1.82) is 0 Å². The van der Waals surface area contributed by atoms with E-state index in [0.717, 1.165) is 12.0 Å². The molecule has 0 bridgehead atoms. The topological polar surface area (TPSA) is 94.3 Å². The number of nitrogens with zero attached hydrogens (tertiary/aromatic N) is 6. The van der Waals surface area contributed by atoms with Crippen LogP contribution < -0.4 is 5.73 Å². The van der Waals surface area contributed by atoms with E-state index >= 15 is 0 Å². The molecule has 28 heavy (non-hydrogen) atoms. The Kier molecular flexibility index (Phi) is 6.25. The van der Waals surface area contributed by atoms with Gasteiger partial charge < -0.3 is 5.73 Å². The largest absolute Gasteiger partial charge is 0.405 e. The zero-order chi connectivity index (χ0) is 20.1. The fraction of sp³-hybridized carbons (Fsp3) is 0.278. The van der Waals surface area contributed by atoms with Crippen molar-refractivity contribution in [2.45, 2.75) is 32.6 Å². The third-order valence-corrected chi connectivity index (χ3v) is 4.20. The van der Waals surface area contributed by atoms with Gasteiger partial charge in [0.15, 0.2) is 11.5 Å². The van der Waals surface area contributed by atoms with Crippen LogP contribution in [0.15, 0.2) is 41.9 Å². The van der Waals surface area contributed by atoms with Crippen LogP contribution in [-0.4, -0.2) is 30.3 Å². The fourth-order valence-corrected chi connectivity index (χ4v) is 2.89. The van der Waals surface area contributed by atoms with Crippen LogP contribution in [0.1, 0.15) is 36.9 Å². The van der Waals surface area contributed by atoms with E-state index in [2.05, 4.69) is 25.0 Å². The fourth-order valence-electron chi connectivity index (χ4n) is 2.72. The number of allylic oxidation sites excluding steroid dienone is 1. The molecule has 0 aliphatic heterocycles.